The number of aromatic hydroxyl groups is 1. The molecule has 4 N–H and O–H groups in total. The largest absolute Gasteiger partial charge is 0.508 e. The topological polar surface area (TPSA) is 124 Å². The summed E-state index contributed by atoms with van der Waals surface area (Å²) in [5.41, 5.74) is 11.1. The zero-order valence-electron chi connectivity index (χ0n) is 15.1. The first kappa shape index (κ1) is 17.9. The molecule has 0 amide bonds. The molecule has 0 spiro atoms. The number of aromatic nitrogens is 4. The number of phenolic OH excluding ortho intramolecular Hbond substituents is 1. The molecule has 0 saturated heterocycles. The number of anilines is 1. The number of hydrogen-bond donors (Lipinski definition) is 3. The highest BCUT2D eigenvalue weighted by molar-refractivity contribution is 9.10. The second kappa shape index (κ2) is 6.62. The Morgan fingerprint density at radius 3 is 2.54 bits per heavy atom. The molecule has 0 aliphatic carbocycles. The lowest BCUT2D eigenvalue weighted by molar-refractivity contribution is 0.471. The van der Waals surface area contributed by atoms with Crippen LogP contribution in [0.25, 0.3) is 33.4 Å². The van der Waals surface area contributed by atoms with Crippen molar-refractivity contribution in [2.45, 2.75) is 13.8 Å². The van der Waals surface area contributed by atoms with Crippen molar-refractivity contribution < 1.29 is 5.11 Å². The Morgan fingerprint density at radius 2 is 1.86 bits per heavy atom. The Hall–Kier alpha value is -3.44. The number of nitrogens with one attached hydrogen (secondary N) is 1. The SMILES string of the molecule is Cc1ccc(O)c(C)c1-c1cnc2[nH]c(-c3cnc(N)nc3)c(Br)c2c1C#N. The van der Waals surface area contributed by atoms with Crippen molar-refractivity contribution in [1.29, 1.82) is 5.26 Å². The molecule has 0 radical (unpaired) electrons. The van der Waals surface area contributed by atoms with E-state index in [0.29, 0.717) is 43.5 Å². The van der Waals surface area contributed by atoms with Crippen LogP contribution in [0.1, 0.15) is 16.7 Å². The van der Waals surface area contributed by atoms with E-state index in [1.807, 2.05) is 19.9 Å². The second-order valence-electron chi connectivity index (χ2n) is 6.43. The standard InChI is InChI=1S/C20H15BrN6O/c1-9-3-4-14(28)10(2)15(9)13-8-24-19-16(12(13)5-22)17(21)18(27-19)11-6-25-20(23)26-7-11/h3-4,6-8,28H,1-2H3,(H,24,27)(H2,23,25,26). The number of fused-ring (bicyclic) bond motifs is 1. The maximum atomic E-state index is 10.1. The fourth-order valence-electron chi connectivity index (χ4n) is 3.34. The highest BCUT2D eigenvalue weighted by atomic mass is 79.9. The Balaban J connectivity index is 2.03. The molecular weight excluding hydrogens is 420 g/mol. The number of aryl methyl sites for hydroxylation is 1. The van der Waals surface area contributed by atoms with E-state index in [9.17, 15) is 10.4 Å². The van der Waals surface area contributed by atoms with Crippen LogP contribution in [0, 0.1) is 25.2 Å². The minimum Gasteiger partial charge on any atom is -0.508 e. The number of H-pyrrole nitrogens is 1. The molecule has 4 rings (SSSR count). The summed E-state index contributed by atoms with van der Waals surface area (Å²) in [6.45, 7) is 3.77. The van der Waals surface area contributed by atoms with Gasteiger partial charge < -0.3 is 15.8 Å². The van der Waals surface area contributed by atoms with Gasteiger partial charge >= 0.3 is 0 Å². The van der Waals surface area contributed by atoms with Gasteiger partial charge in [-0.2, -0.15) is 5.26 Å². The predicted octanol–water partition coefficient (Wildman–Crippen LogP) is 4.23. The van der Waals surface area contributed by atoms with Crippen molar-refractivity contribution in [3.8, 4) is 34.2 Å². The zero-order valence-corrected chi connectivity index (χ0v) is 16.7. The molecule has 0 bridgehead atoms. The molecule has 0 fully saturated rings. The molecule has 3 aromatic heterocycles. The highest BCUT2D eigenvalue weighted by Gasteiger charge is 2.21. The lowest BCUT2D eigenvalue weighted by Crippen LogP contribution is -1.94. The van der Waals surface area contributed by atoms with Crippen LogP contribution in [0.4, 0.5) is 5.95 Å². The summed E-state index contributed by atoms with van der Waals surface area (Å²) in [7, 11) is 0. The van der Waals surface area contributed by atoms with E-state index >= 15 is 0 Å². The first-order valence-corrected chi connectivity index (χ1v) is 9.19. The number of nitrogens with two attached hydrogens (primary N) is 1. The lowest BCUT2D eigenvalue weighted by atomic mass is 9.92. The van der Waals surface area contributed by atoms with Crippen molar-refractivity contribution >= 4 is 32.9 Å². The fourth-order valence-corrected chi connectivity index (χ4v) is 4.05. The van der Waals surface area contributed by atoms with E-state index in [4.69, 9.17) is 5.73 Å². The smallest absolute Gasteiger partial charge is 0.219 e. The van der Waals surface area contributed by atoms with Gasteiger partial charge in [0.25, 0.3) is 0 Å². The van der Waals surface area contributed by atoms with Gasteiger partial charge in [0, 0.05) is 29.7 Å². The van der Waals surface area contributed by atoms with Gasteiger partial charge in [0.15, 0.2) is 0 Å². The second-order valence-corrected chi connectivity index (χ2v) is 7.22. The third kappa shape index (κ3) is 2.68. The minimum absolute atomic E-state index is 0.178. The van der Waals surface area contributed by atoms with Crippen molar-refractivity contribution in [3.63, 3.8) is 0 Å². The molecule has 3 heterocycles. The van der Waals surface area contributed by atoms with Crippen LogP contribution >= 0.6 is 15.9 Å². The van der Waals surface area contributed by atoms with Crippen molar-refractivity contribution in [3.05, 3.63) is 51.9 Å². The van der Waals surface area contributed by atoms with Crippen LogP contribution in [0.2, 0.25) is 0 Å². The molecule has 0 aliphatic heterocycles. The lowest BCUT2D eigenvalue weighted by Gasteiger charge is -2.13. The Labute approximate surface area is 169 Å². The number of nitrogen functional groups attached to an aromatic ring is 1. The first-order chi connectivity index (χ1) is 13.4. The van der Waals surface area contributed by atoms with Crippen molar-refractivity contribution in [2.24, 2.45) is 0 Å². The normalized spacial score (nSPS) is 10.9. The number of nitrogens with zero attached hydrogens (tertiary/aromatic N) is 4. The Bertz CT molecular complexity index is 1270. The van der Waals surface area contributed by atoms with Gasteiger partial charge in [-0.3, -0.25) is 0 Å². The van der Waals surface area contributed by atoms with E-state index in [1.54, 1.807) is 24.7 Å². The van der Waals surface area contributed by atoms with E-state index in [-0.39, 0.29) is 11.7 Å². The van der Waals surface area contributed by atoms with Gasteiger partial charge in [-0.05, 0) is 52.5 Å². The highest BCUT2D eigenvalue weighted by Crippen LogP contribution is 2.41. The number of nitriles is 1. The summed E-state index contributed by atoms with van der Waals surface area (Å²) < 4.78 is 0.692. The monoisotopic (exact) mass is 434 g/mol. The van der Waals surface area contributed by atoms with Gasteiger partial charge in [-0.25, -0.2) is 15.0 Å². The third-order valence-corrected chi connectivity index (χ3v) is 5.54. The Morgan fingerprint density at radius 1 is 1.14 bits per heavy atom. The predicted molar refractivity (Wildman–Crippen MR) is 111 cm³/mol. The van der Waals surface area contributed by atoms with E-state index in [0.717, 1.165) is 11.1 Å². The van der Waals surface area contributed by atoms with Crippen LogP contribution in [-0.2, 0) is 0 Å². The van der Waals surface area contributed by atoms with Crippen LogP contribution in [0.15, 0.2) is 35.2 Å². The number of aromatic amines is 1. The summed E-state index contributed by atoms with van der Waals surface area (Å²) in [6, 6.07) is 5.78. The van der Waals surface area contributed by atoms with Crippen molar-refractivity contribution in [1.82, 2.24) is 19.9 Å². The van der Waals surface area contributed by atoms with Crippen molar-refractivity contribution in [2.75, 3.05) is 5.73 Å². The molecule has 0 saturated carbocycles. The molecule has 0 aliphatic rings. The van der Waals surface area contributed by atoms with Crippen LogP contribution in [0.5, 0.6) is 5.75 Å². The summed E-state index contributed by atoms with van der Waals surface area (Å²) in [4.78, 5) is 15.8. The average molecular weight is 435 g/mol. The molecule has 8 heteroatoms. The van der Waals surface area contributed by atoms with Gasteiger partial charge in [0.05, 0.1) is 21.1 Å². The Kier molecular flexibility index (Phi) is 4.24. The maximum absolute atomic E-state index is 10.1. The van der Waals surface area contributed by atoms with Crippen LogP contribution < -0.4 is 5.73 Å². The van der Waals surface area contributed by atoms with Gasteiger partial charge in [0.2, 0.25) is 5.95 Å². The summed E-state index contributed by atoms with van der Waals surface area (Å²) >= 11 is 3.60. The number of rotatable bonds is 2. The molecule has 0 unspecified atom stereocenters. The number of benzene rings is 1. The summed E-state index contributed by atoms with van der Waals surface area (Å²) in [5.74, 6) is 0.362. The summed E-state index contributed by atoms with van der Waals surface area (Å²) in [6.07, 6.45) is 4.87. The molecule has 28 heavy (non-hydrogen) atoms. The number of hydrogen-bond acceptors (Lipinski definition) is 6. The van der Waals surface area contributed by atoms with E-state index in [1.165, 1.54) is 0 Å². The van der Waals surface area contributed by atoms with Crippen LogP contribution in [0.3, 0.4) is 0 Å². The summed E-state index contributed by atoms with van der Waals surface area (Å²) in [5, 5.41) is 20.8. The molecule has 1 aromatic carbocycles. The number of phenols is 1. The maximum Gasteiger partial charge on any atom is 0.219 e. The third-order valence-electron chi connectivity index (χ3n) is 4.75. The number of pyridine rings is 1. The van der Waals surface area contributed by atoms with Gasteiger partial charge in [-0.1, -0.05) is 6.07 Å². The minimum atomic E-state index is 0.178. The fraction of sp³-hybridized carbons (Fsp3) is 0.100. The van der Waals surface area contributed by atoms with E-state index in [2.05, 4.69) is 41.9 Å². The molecular formula is C20H15BrN6O. The quantitative estimate of drug-likeness (QED) is 0.433. The molecule has 7 nitrogen and oxygen atoms in total. The van der Waals surface area contributed by atoms with Gasteiger partial charge in [-0.15, -0.1) is 0 Å². The molecule has 138 valence electrons. The average Bonchev–Trinajstić information content (AvgIpc) is 3.02. The zero-order chi connectivity index (χ0) is 20.0. The van der Waals surface area contributed by atoms with Gasteiger partial charge in [0.1, 0.15) is 17.5 Å². The molecule has 0 atom stereocenters. The number of halogens is 1. The first-order valence-electron chi connectivity index (χ1n) is 8.40. The van der Waals surface area contributed by atoms with E-state index < -0.39 is 0 Å². The van der Waals surface area contributed by atoms with Crippen LogP contribution in [-0.4, -0.2) is 25.0 Å². The molecule has 4 aromatic rings.